The third kappa shape index (κ3) is 7.51. The Balaban J connectivity index is 1.52. The molecule has 0 aliphatic heterocycles. The number of hydrogen-bond donors (Lipinski definition) is 0. The molecule has 0 bridgehead atoms. The van der Waals surface area contributed by atoms with E-state index < -0.39 is 11.7 Å². The van der Waals surface area contributed by atoms with Crippen LogP contribution in [-0.2, 0) is 17.7 Å². The summed E-state index contributed by atoms with van der Waals surface area (Å²) >= 11 is 0. The second-order valence-corrected chi connectivity index (χ2v) is 9.12. The Bertz CT molecular complexity index is 1050. The average molecular weight is 462 g/mol. The lowest BCUT2D eigenvalue weighted by Gasteiger charge is -2.24. The predicted molar refractivity (Wildman–Crippen MR) is 138 cm³/mol. The first-order chi connectivity index (χ1) is 16.2. The molecule has 0 radical (unpaired) electrons. The molecular weight excluding hydrogens is 426 g/mol. The minimum atomic E-state index is -0.553. The molecule has 0 spiro atoms. The van der Waals surface area contributed by atoms with E-state index in [1.54, 1.807) is 13.1 Å². The average Bonchev–Trinajstić information content (AvgIpc) is 2.82. The Labute approximate surface area is 203 Å². The Morgan fingerprint density at radius 2 is 1.65 bits per heavy atom. The van der Waals surface area contributed by atoms with E-state index in [1.807, 2.05) is 51.1 Å². The molecule has 0 saturated carbocycles. The fraction of sp³-hybridized carbons (Fsp3) is 0.357. The zero-order chi connectivity index (χ0) is 24.6. The van der Waals surface area contributed by atoms with Crippen molar-refractivity contribution in [3.8, 4) is 5.75 Å². The van der Waals surface area contributed by atoms with Crippen molar-refractivity contribution in [1.29, 1.82) is 0 Å². The molecule has 0 atom stereocenters. The number of amides is 1. The highest BCUT2D eigenvalue weighted by atomic mass is 16.6. The maximum absolute atomic E-state index is 12.3. The predicted octanol–water partition coefficient (Wildman–Crippen LogP) is 6.10. The van der Waals surface area contributed by atoms with Crippen molar-refractivity contribution in [3.63, 3.8) is 0 Å². The molecule has 6 nitrogen and oxygen atoms in total. The van der Waals surface area contributed by atoms with Gasteiger partial charge in [-0.05, 0) is 69.7 Å². The lowest BCUT2D eigenvalue weighted by molar-refractivity contribution is 0.0588. The van der Waals surface area contributed by atoms with Crippen LogP contribution in [-0.4, -0.2) is 36.9 Å². The van der Waals surface area contributed by atoms with Crippen molar-refractivity contribution in [2.45, 2.75) is 46.3 Å². The number of carbonyl (C=O) groups is 1. The van der Waals surface area contributed by atoms with Gasteiger partial charge in [0.2, 0.25) is 0 Å². The summed E-state index contributed by atoms with van der Waals surface area (Å²) in [5.41, 5.74) is 2.75. The van der Waals surface area contributed by atoms with Gasteiger partial charge in [0, 0.05) is 37.9 Å². The van der Waals surface area contributed by atoms with Crippen LogP contribution < -0.4 is 14.5 Å². The van der Waals surface area contributed by atoms with E-state index in [9.17, 15) is 4.79 Å². The van der Waals surface area contributed by atoms with Crippen LogP contribution in [0.2, 0.25) is 0 Å². The van der Waals surface area contributed by atoms with Gasteiger partial charge in [-0.15, -0.1) is 0 Å². The third-order valence-corrected chi connectivity index (χ3v) is 5.23. The zero-order valence-corrected chi connectivity index (χ0v) is 20.8. The first-order valence-corrected chi connectivity index (χ1v) is 11.7. The lowest BCUT2D eigenvalue weighted by atomic mass is 10.2. The summed E-state index contributed by atoms with van der Waals surface area (Å²) < 4.78 is 11.4. The Hall–Kier alpha value is -3.54. The molecule has 1 heterocycles. The van der Waals surface area contributed by atoms with Gasteiger partial charge in [0.15, 0.2) is 0 Å². The van der Waals surface area contributed by atoms with Gasteiger partial charge in [0.25, 0.3) is 0 Å². The summed E-state index contributed by atoms with van der Waals surface area (Å²) in [5, 5.41) is 0. The van der Waals surface area contributed by atoms with E-state index in [1.165, 1.54) is 16.2 Å². The van der Waals surface area contributed by atoms with Gasteiger partial charge in [-0.25, -0.2) is 9.78 Å². The van der Waals surface area contributed by atoms with Crippen LogP contribution in [0.25, 0.3) is 0 Å². The molecule has 3 aromatic rings. The number of aromatic nitrogens is 1. The van der Waals surface area contributed by atoms with E-state index in [-0.39, 0.29) is 0 Å². The molecule has 0 aliphatic carbocycles. The molecule has 180 valence electrons. The Kier molecular flexibility index (Phi) is 8.52. The monoisotopic (exact) mass is 461 g/mol. The summed E-state index contributed by atoms with van der Waals surface area (Å²) in [6.07, 6.45) is 0.206. The first kappa shape index (κ1) is 25.1. The number of rotatable bonds is 9. The molecule has 0 saturated heterocycles. The van der Waals surface area contributed by atoms with Crippen molar-refractivity contribution in [2.24, 2.45) is 0 Å². The van der Waals surface area contributed by atoms with Crippen LogP contribution >= 0.6 is 0 Å². The second-order valence-electron chi connectivity index (χ2n) is 9.12. The van der Waals surface area contributed by atoms with Gasteiger partial charge in [-0.1, -0.05) is 36.4 Å². The SMILES string of the molecule is CCN(Cc1ccc(OCCc2cccc(N(C)C(=O)OC(C)(C)C)n2)cc1)c1ccccc1. The number of anilines is 2. The van der Waals surface area contributed by atoms with E-state index >= 15 is 0 Å². The Morgan fingerprint density at radius 1 is 0.941 bits per heavy atom. The highest BCUT2D eigenvalue weighted by molar-refractivity contribution is 5.85. The molecule has 2 aromatic carbocycles. The van der Waals surface area contributed by atoms with Crippen LogP contribution in [0.3, 0.4) is 0 Å². The minimum absolute atomic E-state index is 0.428. The molecule has 1 amide bonds. The molecule has 0 fully saturated rings. The number of benzene rings is 2. The lowest BCUT2D eigenvalue weighted by Crippen LogP contribution is -2.34. The smallest absolute Gasteiger partial charge is 0.415 e. The van der Waals surface area contributed by atoms with Gasteiger partial charge in [-0.2, -0.15) is 0 Å². The van der Waals surface area contributed by atoms with Crippen molar-refractivity contribution < 1.29 is 14.3 Å². The fourth-order valence-corrected chi connectivity index (χ4v) is 3.43. The van der Waals surface area contributed by atoms with Gasteiger partial charge < -0.3 is 14.4 Å². The number of pyridine rings is 1. The molecule has 6 heteroatoms. The van der Waals surface area contributed by atoms with Gasteiger partial charge >= 0.3 is 6.09 Å². The van der Waals surface area contributed by atoms with Crippen molar-refractivity contribution in [1.82, 2.24) is 4.98 Å². The first-order valence-electron chi connectivity index (χ1n) is 11.7. The summed E-state index contributed by atoms with van der Waals surface area (Å²) in [6.45, 7) is 9.98. The third-order valence-electron chi connectivity index (χ3n) is 5.23. The summed E-state index contributed by atoms with van der Waals surface area (Å²) in [4.78, 5) is 20.6. The number of para-hydroxylation sites is 1. The normalized spacial score (nSPS) is 11.1. The highest BCUT2D eigenvalue weighted by Crippen LogP contribution is 2.19. The number of carbonyl (C=O) groups excluding carboxylic acids is 1. The van der Waals surface area contributed by atoms with Gasteiger partial charge in [0.05, 0.1) is 6.61 Å². The second kappa shape index (κ2) is 11.5. The molecule has 0 N–H and O–H groups in total. The van der Waals surface area contributed by atoms with E-state index in [0.29, 0.717) is 18.8 Å². The Morgan fingerprint density at radius 3 is 2.29 bits per heavy atom. The molecule has 1 aromatic heterocycles. The van der Waals surface area contributed by atoms with Crippen molar-refractivity contribution in [3.05, 3.63) is 84.1 Å². The summed E-state index contributed by atoms with van der Waals surface area (Å²) in [7, 11) is 1.66. The highest BCUT2D eigenvalue weighted by Gasteiger charge is 2.21. The summed E-state index contributed by atoms with van der Waals surface area (Å²) in [6, 6.07) is 24.3. The molecule has 0 aliphatic rings. The quantitative estimate of drug-likeness (QED) is 0.385. The maximum Gasteiger partial charge on any atom is 0.415 e. The van der Waals surface area contributed by atoms with Crippen molar-refractivity contribution in [2.75, 3.05) is 30.0 Å². The van der Waals surface area contributed by atoms with E-state index in [4.69, 9.17) is 9.47 Å². The molecule has 34 heavy (non-hydrogen) atoms. The zero-order valence-electron chi connectivity index (χ0n) is 20.8. The van der Waals surface area contributed by atoms with Crippen LogP contribution in [0, 0.1) is 0 Å². The number of hydrogen-bond acceptors (Lipinski definition) is 5. The standard InChI is InChI=1S/C28H35N3O3/c1-6-31(24-12-8-7-9-13-24)21-22-15-17-25(18-16-22)33-20-19-23-11-10-14-26(29-23)30(5)27(32)34-28(2,3)4/h7-18H,6,19-21H2,1-5H3. The number of ether oxygens (including phenoxy) is 2. The largest absolute Gasteiger partial charge is 0.493 e. The van der Waals surface area contributed by atoms with E-state index in [2.05, 4.69) is 53.2 Å². The minimum Gasteiger partial charge on any atom is -0.493 e. The molecule has 3 rings (SSSR count). The van der Waals surface area contributed by atoms with Crippen LogP contribution in [0.1, 0.15) is 39.0 Å². The molecule has 0 unspecified atom stereocenters. The fourth-order valence-electron chi connectivity index (χ4n) is 3.43. The molecular formula is C28H35N3O3. The van der Waals surface area contributed by atoms with Crippen molar-refractivity contribution >= 4 is 17.6 Å². The maximum atomic E-state index is 12.3. The summed E-state index contributed by atoms with van der Waals surface area (Å²) in [5.74, 6) is 1.38. The van der Waals surface area contributed by atoms with Gasteiger partial charge in [-0.3, -0.25) is 4.90 Å². The number of nitrogens with zero attached hydrogens (tertiary/aromatic N) is 3. The van der Waals surface area contributed by atoms with Crippen LogP contribution in [0.15, 0.2) is 72.8 Å². The van der Waals surface area contributed by atoms with Gasteiger partial charge in [0.1, 0.15) is 17.2 Å². The van der Waals surface area contributed by atoms with Crippen LogP contribution in [0.4, 0.5) is 16.3 Å². The van der Waals surface area contributed by atoms with Crippen LogP contribution in [0.5, 0.6) is 5.75 Å². The van der Waals surface area contributed by atoms with E-state index in [0.717, 1.165) is 24.5 Å². The topological polar surface area (TPSA) is 54.9 Å².